The molecule has 1 aliphatic heterocycles. The largest absolute Gasteiger partial charge is 0.376 e. The fourth-order valence-corrected chi connectivity index (χ4v) is 1.59. The van der Waals surface area contributed by atoms with Crippen LogP contribution in [0.3, 0.4) is 0 Å². The quantitative estimate of drug-likeness (QED) is 0.709. The third-order valence-electron chi connectivity index (χ3n) is 2.92. The molecule has 0 aromatic carbocycles. The zero-order valence-corrected chi connectivity index (χ0v) is 10.0. The molecule has 88 valence electrons. The second-order valence-corrected chi connectivity index (χ2v) is 5.32. The van der Waals surface area contributed by atoms with E-state index in [1.807, 2.05) is 27.7 Å². The van der Waals surface area contributed by atoms with Gasteiger partial charge in [-0.25, -0.2) is 0 Å². The first-order chi connectivity index (χ1) is 6.82. The van der Waals surface area contributed by atoms with Gasteiger partial charge in [0.05, 0.1) is 18.2 Å². The predicted octanol–water partition coefficient (Wildman–Crippen LogP) is 0.653. The van der Waals surface area contributed by atoms with Crippen LogP contribution >= 0.6 is 0 Å². The monoisotopic (exact) mass is 214 g/mol. The zero-order valence-electron chi connectivity index (χ0n) is 10.0. The molecule has 15 heavy (non-hydrogen) atoms. The summed E-state index contributed by atoms with van der Waals surface area (Å²) in [6, 6.07) is -0.351. The van der Waals surface area contributed by atoms with Gasteiger partial charge >= 0.3 is 0 Å². The average molecular weight is 214 g/mol. The number of ether oxygens (including phenoxy) is 1. The highest BCUT2D eigenvalue weighted by molar-refractivity contribution is 5.82. The molecule has 1 rings (SSSR count). The molecule has 3 atom stereocenters. The fourth-order valence-electron chi connectivity index (χ4n) is 1.59. The van der Waals surface area contributed by atoms with E-state index in [2.05, 4.69) is 5.32 Å². The number of hydrogen-bond donors (Lipinski definition) is 2. The second-order valence-electron chi connectivity index (χ2n) is 5.32. The molecule has 0 bridgehead atoms. The molecule has 1 saturated heterocycles. The molecule has 0 aromatic rings. The van der Waals surface area contributed by atoms with Crippen molar-refractivity contribution in [3.63, 3.8) is 0 Å². The minimum absolute atomic E-state index is 0.0788. The van der Waals surface area contributed by atoms with Gasteiger partial charge in [0.25, 0.3) is 0 Å². The lowest BCUT2D eigenvalue weighted by Crippen LogP contribution is -2.52. The minimum atomic E-state index is -0.467. The van der Waals surface area contributed by atoms with Crippen molar-refractivity contribution in [2.75, 3.05) is 6.61 Å². The summed E-state index contributed by atoms with van der Waals surface area (Å²) in [6.07, 6.45) is 0.977. The molecule has 0 saturated carbocycles. The third-order valence-corrected chi connectivity index (χ3v) is 2.92. The highest BCUT2D eigenvalue weighted by Gasteiger charge is 2.32. The molecule has 0 aromatic heterocycles. The second kappa shape index (κ2) is 4.49. The summed E-state index contributed by atoms with van der Waals surface area (Å²) in [5.41, 5.74) is 5.66. The van der Waals surface area contributed by atoms with Crippen LogP contribution in [0.1, 0.15) is 34.1 Å². The average Bonchev–Trinajstić information content (AvgIpc) is 2.49. The third kappa shape index (κ3) is 3.18. The first kappa shape index (κ1) is 12.5. The summed E-state index contributed by atoms with van der Waals surface area (Å²) < 4.78 is 5.38. The Bertz CT molecular complexity index is 235. The van der Waals surface area contributed by atoms with E-state index in [0.717, 1.165) is 13.0 Å². The van der Waals surface area contributed by atoms with E-state index < -0.39 is 6.04 Å². The standard InChI is InChI=1S/C11H22N2O2/c1-7-8(5-6-15-7)13-10(14)9(12)11(2,3)4/h7-9H,5-6,12H2,1-4H3,(H,13,14). The normalized spacial score (nSPS) is 28.9. The van der Waals surface area contributed by atoms with Crippen molar-refractivity contribution in [3.05, 3.63) is 0 Å². The molecule has 0 aliphatic carbocycles. The maximum atomic E-state index is 11.8. The maximum Gasteiger partial charge on any atom is 0.237 e. The van der Waals surface area contributed by atoms with E-state index in [4.69, 9.17) is 10.5 Å². The van der Waals surface area contributed by atoms with Gasteiger partial charge in [-0.05, 0) is 18.8 Å². The van der Waals surface area contributed by atoms with Crippen molar-refractivity contribution >= 4 is 5.91 Å². The van der Waals surface area contributed by atoms with Crippen LogP contribution in [0.15, 0.2) is 0 Å². The molecular weight excluding hydrogens is 192 g/mol. The molecule has 4 nitrogen and oxygen atoms in total. The van der Waals surface area contributed by atoms with Gasteiger partial charge in [-0.15, -0.1) is 0 Å². The van der Waals surface area contributed by atoms with E-state index >= 15 is 0 Å². The molecule has 0 radical (unpaired) electrons. The minimum Gasteiger partial charge on any atom is -0.376 e. The summed E-state index contributed by atoms with van der Waals surface area (Å²) in [7, 11) is 0. The van der Waals surface area contributed by atoms with Crippen LogP contribution in [0, 0.1) is 5.41 Å². The van der Waals surface area contributed by atoms with Crippen LogP contribution in [0.2, 0.25) is 0 Å². The van der Waals surface area contributed by atoms with Gasteiger partial charge in [0.1, 0.15) is 0 Å². The number of amides is 1. The summed E-state index contributed by atoms with van der Waals surface area (Å²) in [6.45, 7) is 8.58. The van der Waals surface area contributed by atoms with Crippen molar-refractivity contribution in [3.8, 4) is 0 Å². The van der Waals surface area contributed by atoms with Crippen molar-refractivity contribution < 1.29 is 9.53 Å². The Morgan fingerprint density at radius 2 is 2.13 bits per heavy atom. The Morgan fingerprint density at radius 1 is 1.53 bits per heavy atom. The van der Waals surface area contributed by atoms with E-state index in [0.29, 0.717) is 0 Å². The summed E-state index contributed by atoms with van der Waals surface area (Å²) in [5, 5.41) is 2.95. The van der Waals surface area contributed by atoms with Crippen LogP contribution in [0.25, 0.3) is 0 Å². The number of rotatable bonds is 2. The SMILES string of the molecule is CC1OCCC1NC(=O)C(N)C(C)(C)C. The number of nitrogens with two attached hydrogens (primary N) is 1. The number of nitrogens with one attached hydrogen (secondary N) is 1. The molecule has 0 spiro atoms. The number of hydrogen-bond acceptors (Lipinski definition) is 3. The lowest BCUT2D eigenvalue weighted by molar-refractivity contribution is -0.125. The molecule has 3 unspecified atom stereocenters. The van der Waals surface area contributed by atoms with E-state index in [1.165, 1.54) is 0 Å². The highest BCUT2D eigenvalue weighted by Crippen LogP contribution is 2.19. The topological polar surface area (TPSA) is 64.3 Å². The predicted molar refractivity (Wildman–Crippen MR) is 59.4 cm³/mol. The first-order valence-electron chi connectivity index (χ1n) is 5.50. The van der Waals surface area contributed by atoms with Crippen LogP contribution in [0.5, 0.6) is 0 Å². The molecular formula is C11H22N2O2. The van der Waals surface area contributed by atoms with Gasteiger partial charge in [-0.1, -0.05) is 20.8 Å². The lowest BCUT2D eigenvalue weighted by atomic mass is 9.86. The van der Waals surface area contributed by atoms with Crippen LogP contribution < -0.4 is 11.1 Å². The zero-order chi connectivity index (χ0) is 11.6. The summed E-state index contributed by atoms with van der Waals surface area (Å²) >= 11 is 0. The maximum absolute atomic E-state index is 11.8. The summed E-state index contributed by atoms with van der Waals surface area (Å²) in [5.74, 6) is -0.0788. The van der Waals surface area contributed by atoms with Gasteiger partial charge in [0.15, 0.2) is 0 Å². The molecule has 1 fully saturated rings. The Balaban J connectivity index is 2.48. The van der Waals surface area contributed by atoms with Gasteiger partial charge in [0, 0.05) is 6.61 Å². The molecule has 3 N–H and O–H groups in total. The van der Waals surface area contributed by atoms with Crippen molar-refractivity contribution in [2.24, 2.45) is 11.1 Å². The van der Waals surface area contributed by atoms with Gasteiger partial charge < -0.3 is 15.8 Å². The Morgan fingerprint density at radius 3 is 2.53 bits per heavy atom. The highest BCUT2D eigenvalue weighted by atomic mass is 16.5. The smallest absolute Gasteiger partial charge is 0.237 e. The molecule has 1 aliphatic rings. The lowest BCUT2D eigenvalue weighted by Gasteiger charge is -2.27. The Labute approximate surface area is 91.5 Å². The molecule has 4 heteroatoms. The molecule has 1 amide bonds. The van der Waals surface area contributed by atoms with Crippen molar-refractivity contribution in [1.29, 1.82) is 0 Å². The van der Waals surface area contributed by atoms with Crippen molar-refractivity contribution in [2.45, 2.75) is 52.3 Å². The Hall–Kier alpha value is -0.610. The van der Waals surface area contributed by atoms with Crippen LogP contribution in [-0.4, -0.2) is 30.7 Å². The fraction of sp³-hybridized carbons (Fsp3) is 0.909. The number of carbonyl (C=O) groups excluding carboxylic acids is 1. The van der Waals surface area contributed by atoms with E-state index in [-0.39, 0.29) is 23.5 Å². The van der Waals surface area contributed by atoms with Gasteiger partial charge in [0.2, 0.25) is 5.91 Å². The van der Waals surface area contributed by atoms with E-state index in [1.54, 1.807) is 0 Å². The van der Waals surface area contributed by atoms with Gasteiger partial charge in [-0.2, -0.15) is 0 Å². The van der Waals surface area contributed by atoms with Crippen molar-refractivity contribution in [1.82, 2.24) is 5.32 Å². The Kier molecular flexibility index (Phi) is 3.73. The van der Waals surface area contributed by atoms with Crippen LogP contribution in [0.4, 0.5) is 0 Å². The summed E-state index contributed by atoms with van der Waals surface area (Å²) in [4.78, 5) is 11.8. The first-order valence-corrected chi connectivity index (χ1v) is 5.50. The molecule has 1 heterocycles. The van der Waals surface area contributed by atoms with E-state index in [9.17, 15) is 4.79 Å². The number of carbonyl (C=O) groups is 1. The van der Waals surface area contributed by atoms with Gasteiger partial charge in [-0.3, -0.25) is 4.79 Å². The van der Waals surface area contributed by atoms with Crippen LogP contribution in [-0.2, 0) is 9.53 Å².